The third kappa shape index (κ3) is 4.60. The number of piperidine rings is 1. The van der Waals surface area contributed by atoms with Crippen molar-refractivity contribution in [2.45, 2.75) is 26.7 Å². The van der Waals surface area contributed by atoms with Gasteiger partial charge in [0, 0.05) is 17.5 Å². The molecular weight excluding hydrogens is 255 g/mol. The van der Waals surface area contributed by atoms with Crippen molar-refractivity contribution in [2.24, 2.45) is 11.8 Å². The monoisotopic (exact) mass is 279 g/mol. The average molecular weight is 279 g/mol. The molecule has 1 amide bonds. The molecule has 1 aliphatic rings. The third-order valence-electron chi connectivity index (χ3n) is 3.89. The van der Waals surface area contributed by atoms with E-state index in [4.69, 9.17) is 0 Å². The Hall–Kier alpha value is -1.42. The van der Waals surface area contributed by atoms with Crippen LogP contribution in [0.1, 0.15) is 26.7 Å². The van der Waals surface area contributed by atoms with E-state index in [9.17, 15) is 9.18 Å². The number of hydrogen-bond donors (Lipinski definition) is 2. The molecule has 1 aromatic rings. The molecule has 0 radical (unpaired) electrons. The van der Waals surface area contributed by atoms with Crippen LogP contribution in [0.5, 0.6) is 0 Å². The quantitative estimate of drug-likeness (QED) is 0.864. The van der Waals surface area contributed by atoms with Crippen LogP contribution in [0.2, 0.25) is 0 Å². The first-order valence-corrected chi connectivity index (χ1v) is 7.42. The number of amides is 1. The van der Waals surface area contributed by atoms with Crippen molar-refractivity contribution in [1.82, 2.24) is 0 Å². The van der Waals surface area contributed by atoms with Crippen LogP contribution in [0, 0.1) is 17.7 Å². The summed E-state index contributed by atoms with van der Waals surface area (Å²) in [6.07, 6.45) is 1.78. The molecule has 20 heavy (non-hydrogen) atoms. The van der Waals surface area contributed by atoms with Gasteiger partial charge in [-0.2, -0.15) is 0 Å². The van der Waals surface area contributed by atoms with Gasteiger partial charge in [-0.1, -0.05) is 19.9 Å². The molecule has 2 N–H and O–H groups in total. The van der Waals surface area contributed by atoms with Gasteiger partial charge in [-0.25, -0.2) is 4.39 Å². The Kier molecular flexibility index (Phi) is 5.12. The second-order valence-corrected chi connectivity index (χ2v) is 6.16. The first-order valence-electron chi connectivity index (χ1n) is 7.42. The SMILES string of the molecule is C[C@@H]1C[C@@H](C)C[NH+](CCC(=O)Nc2cccc(F)c2)C1. The lowest BCUT2D eigenvalue weighted by Crippen LogP contribution is -3.14. The van der Waals surface area contributed by atoms with Crippen LogP contribution in [0.25, 0.3) is 0 Å². The van der Waals surface area contributed by atoms with Gasteiger partial charge in [-0.3, -0.25) is 4.79 Å². The topological polar surface area (TPSA) is 33.5 Å². The summed E-state index contributed by atoms with van der Waals surface area (Å²) in [4.78, 5) is 13.4. The summed E-state index contributed by atoms with van der Waals surface area (Å²) in [5.41, 5.74) is 0.533. The van der Waals surface area contributed by atoms with Gasteiger partial charge < -0.3 is 10.2 Å². The van der Waals surface area contributed by atoms with Gasteiger partial charge in [-0.05, 0) is 24.6 Å². The van der Waals surface area contributed by atoms with E-state index in [1.165, 1.54) is 23.5 Å². The molecule has 0 unspecified atom stereocenters. The smallest absolute Gasteiger partial charge is 0.230 e. The fourth-order valence-electron chi connectivity index (χ4n) is 3.21. The highest BCUT2D eigenvalue weighted by molar-refractivity contribution is 5.90. The highest BCUT2D eigenvalue weighted by Crippen LogP contribution is 2.12. The molecule has 0 aliphatic carbocycles. The minimum Gasteiger partial charge on any atom is -0.334 e. The average Bonchev–Trinajstić information content (AvgIpc) is 2.35. The molecule has 0 spiro atoms. The van der Waals surface area contributed by atoms with Crippen molar-refractivity contribution in [3.63, 3.8) is 0 Å². The number of nitrogens with one attached hydrogen (secondary N) is 2. The molecule has 2 rings (SSSR count). The number of anilines is 1. The maximum absolute atomic E-state index is 13.0. The first-order chi connectivity index (χ1) is 9.52. The zero-order chi connectivity index (χ0) is 14.5. The highest BCUT2D eigenvalue weighted by Gasteiger charge is 2.25. The highest BCUT2D eigenvalue weighted by atomic mass is 19.1. The van der Waals surface area contributed by atoms with E-state index in [1.807, 2.05) is 0 Å². The summed E-state index contributed by atoms with van der Waals surface area (Å²) < 4.78 is 13.0. The number of likely N-dealkylation sites (tertiary alicyclic amines) is 1. The largest absolute Gasteiger partial charge is 0.334 e. The fourth-order valence-corrected chi connectivity index (χ4v) is 3.21. The van der Waals surface area contributed by atoms with E-state index in [2.05, 4.69) is 19.2 Å². The molecule has 1 fully saturated rings. The van der Waals surface area contributed by atoms with Crippen molar-refractivity contribution in [3.8, 4) is 0 Å². The van der Waals surface area contributed by atoms with E-state index < -0.39 is 0 Å². The molecule has 0 aromatic heterocycles. The summed E-state index contributed by atoms with van der Waals surface area (Å²) in [6.45, 7) is 7.72. The predicted octanol–water partition coefficient (Wildman–Crippen LogP) is 1.72. The van der Waals surface area contributed by atoms with Crippen LogP contribution in [0.15, 0.2) is 24.3 Å². The zero-order valence-corrected chi connectivity index (χ0v) is 12.3. The van der Waals surface area contributed by atoms with Gasteiger partial charge in [0.25, 0.3) is 0 Å². The molecule has 4 heteroatoms. The van der Waals surface area contributed by atoms with Crippen LogP contribution < -0.4 is 10.2 Å². The number of benzene rings is 1. The van der Waals surface area contributed by atoms with Crippen molar-refractivity contribution in [3.05, 3.63) is 30.1 Å². The summed E-state index contributed by atoms with van der Waals surface area (Å²) in [5, 5.41) is 2.75. The van der Waals surface area contributed by atoms with Gasteiger partial charge in [0.15, 0.2) is 0 Å². The summed E-state index contributed by atoms with van der Waals surface area (Å²) in [5.74, 6) is 1.11. The fraction of sp³-hybridized carbons (Fsp3) is 0.562. The summed E-state index contributed by atoms with van der Waals surface area (Å²) >= 11 is 0. The van der Waals surface area contributed by atoms with E-state index in [-0.39, 0.29) is 11.7 Å². The zero-order valence-electron chi connectivity index (χ0n) is 12.3. The minimum atomic E-state index is -0.327. The Balaban J connectivity index is 1.77. The lowest BCUT2D eigenvalue weighted by atomic mass is 9.92. The van der Waals surface area contributed by atoms with E-state index in [0.717, 1.165) is 31.5 Å². The van der Waals surface area contributed by atoms with Crippen LogP contribution in [0.4, 0.5) is 10.1 Å². The normalized spacial score (nSPS) is 26.2. The molecule has 1 heterocycles. The van der Waals surface area contributed by atoms with Gasteiger partial charge in [0.1, 0.15) is 5.82 Å². The lowest BCUT2D eigenvalue weighted by molar-refractivity contribution is -0.911. The maximum atomic E-state index is 13.0. The molecule has 1 aromatic carbocycles. The van der Waals surface area contributed by atoms with Crippen molar-refractivity contribution >= 4 is 11.6 Å². The third-order valence-corrected chi connectivity index (χ3v) is 3.89. The van der Waals surface area contributed by atoms with Crippen LogP contribution in [0.3, 0.4) is 0 Å². The molecule has 0 bridgehead atoms. The molecule has 110 valence electrons. The number of halogens is 1. The lowest BCUT2D eigenvalue weighted by Gasteiger charge is -2.31. The Morgan fingerprint density at radius 1 is 1.35 bits per heavy atom. The predicted molar refractivity (Wildman–Crippen MR) is 78.2 cm³/mol. The Morgan fingerprint density at radius 2 is 2.05 bits per heavy atom. The molecule has 2 atom stereocenters. The number of carbonyl (C=O) groups excluding carboxylic acids is 1. The number of hydrogen-bond acceptors (Lipinski definition) is 1. The van der Waals surface area contributed by atoms with E-state index in [0.29, 0.717) is 12.1 Å². The van der Waals surface area contributed by atoms with Gasteiger partial charge in [0.2, 0.25) is 5.91 Å². The van der Waals surface area contributed by atoms with Crippen molar-refractivity contribution in [2.75, 3.05) is 25.0 Å². The van der Waals surface area contributed by atoms with Crippen molar-refractivity contribution in [1.29, 1.82) is 0 Å². The second-order valence-electron chi connectivity index (χ2n) is 6.16. The van der Waals surface area contributed by atoms with Crippen LogP contribution in [-0.2, 0) is 4.79 Å². The van der Waals surface area contributed by atoms with Gasteiger partial charge in [-0.15, -0.1) is 0 Å². The second kappa shape index (κ2) is 6.84. The maximum Gasteiger partial charge on any atom is 0.230 e. The van der Waals surface area contributed by atoms with Gasteiger partial charge >= 0.3 is 0 Å². The molecule has 3 nitrogen and oxygen atoms in total. The number of quaternary nitrogens is 1. The molecule has 1 saturated heterocycles. The standard InChI is InChI=1S/C16H23FN2O/c1-12-8-13(2)11-19(10-12)7-6-16(20)18-15-5-3-4-14(17)9-15/h3-5,9,12-13H,6-8,10-11H2,1-2H3,(H,18,20)/p+1/t12-,13-/m1/s1. The molecule has 0 saturated carbocycles. The first kappa shape index (κ1) is 15.0. The molecular formula is C16H24FN2O+. The van der Waals surface area contributed by atoms with Crippen molar-refractivity contribution < 1.29 is 14.1 Å². The summed E-state index contributed by atoms with van der Waals surface area (Å²) in [7, 11) is 0. The number of rotatable bonds is 4. The Morgan fingerprint density at radius 3 is 2.70 bits per heavy atom. The van der Waals surface area contributed by atoms with Crippen LogP contribution >= 0.6 is 0 Å². The van der Waals surface area contributed by atoms with E-state index in [1.54, 1.807) is 12.1 Å². The van der Waals surface area contributed by atoms with E-state index >= 15 is 0 Å². The van der Waals surface area contributed by atoms with Crippen LogP contribution in [-0.4, -0.2) is 25.5 Å². The Labute approximate surface area is 120 Å². The number of carbonyl (C=O) groups is 1. The van der Waals surface area contributed by atoms with Gasteiger partial charge in [0.05, 0.1) is 26.1 Å². The molecule has 1 aliphatic heterocycles. The minimum absolute atomic E-state index is 0.0334. The summed E-state index contributed by atoms with van der Waals surface area (Å²) in [6, 6.07) is 6.02. The Bertz CT molecular complexity index is 454.